The molecule has 3 atom stereocenters. The minimum atomic E-state index is -0.771. The predicted octanol–water partition coefficient (Wildman–Crippen LogP) is 5.64. The van der Waals surface area contributed by atoms with Crippen LogP contribution < -0.4 is 10.2 Å². The average Bonchev–Trinajstić information content (AvgIpc) is 3.23. The summed E-state index contributed by atoms with van der Waals surface area (Å²) in [6.07, 6.45) is 3.97. The van der Waals surface area contributed by atoms with Crippen LogP contribution in [0.1, 0.15) is 50.6 Å². The average molecular weight is 481 g/mol. The monoisotopic (exact) mass is 480 g/mol. The smallest absolute Gasteiger partial charge is 0.414 e. The molecule has 1 saturated carbocycles. The Balaban J connectivity index is 1.65. The van der Waals surface area contributed by atoms with Crippen molar-refractivity contribution in [3.8, 4) is 0 Å². The van der Waals surface area contributed by atoms with E-state index in [4.69, 9.17) is 9.72 Å². The standard InChI is InChI=1S/C26H29FN4O4/c1-15-6-11-20-21(30(15)26(34)35-2)12-13-22-23(20)29-25(28-18-9-7-17(27)8-10-18)31(22)19-5-3-4-16(14-19)24(32)33/h7-10,12-13,15-16,19H,3-6,11,14H2,1-2H3,(H,28,29)(H,32,33)/t15?,16-,19-/m1/s1. The van der Waals surface area contributed by atoms with Gasteiger partial charge in [0, 0.05) is 23.3 Å². The van der Waals surface area contributed by atoms with Crippen LogP contribution in [0.2, 0.25) is 0 Å². The molecule has 0 bridgehead atoms. The van der Waals surface area contributed by atoms with Gasteiger partial charge >= 0.3 is 12.1 Å². The van der Waals surface area contributed by atoms with Gasteiger partial charge in [-0.3, -0.25) is 9.69 Å². The maximum absolute atomic E-state index is 13.5. The van der Waals surface area contributed by atoms with Gasteiger partial charge in [0.1, 0.15) is 5.82 Å². The summed E-state index contributed by atoms with van der Waals surface area (Å²) in [4.78, 5) is 30.9. The number of hydrogen-bond donors (Lipinski definition) is 2. The fraction of sp³-hybridized carbons (Fsp3) is 0.423. The number of carbonyl (C=O) groups excluding carboxylic acids is 1. The number of aliphatic carboxylic acids is 1. The van der Waals surface area contributed by atoms with Crippen LogP contribution in [0.3, 0.4) is 0 Å². The van der Waals surface area contributed by atoms with E-state index in [0.29, 0.717) is 24.5 Å². The number of anilines is 3. The third-order valence-corrected chi connectivity index (χ3v) is 7.29. The molecular formula is C26H29FN4O4. The molecule has 184 valence electrons. The molecule has 2 aromatic carbocycles. The summed E-state index contributed by atoms with van der Waals surface area (Å²) in [6, 6.07) is 9.90. The van der Waals surface area contributed by atoms with Crippen LogP contribution >= 0.6 is 0 Å². The lowest BCUT2D eigenvalue weighted by Gasteiger charge is -2.34. The highest BCUT2D eigenvalue weighted by atomic mass is 19.1. The van der Waals surface area contributed by atoms with Gasteiger partial charge in [-0.25, -0.2) is 14.2 Å². The number of nitrogens with zero attached hydrogens (tertiary/aromatic N) is 3. The molecule has 2 heterocycles. The second-order valence-electron chi connectivity index (χ2n) is 9.45. The Labute approximate surface area is 202 Å². The molecule has 0 saturated heterocycles. The number of rotatable bonds is 4. The van der Waals surface area contributed by atoms with Crippen LogP contribution in [0, 0.1) is 11.7 Å². The Bertz CT molecular complexity index is 1270. The fourth-order valence-electron chi connectivity index (χ4n) is 5.52. The van der Waals surface area contributed by atoms with Crippen molar-refractivity contribution in [2.24, 2.45) is 5.92 Å². The van der Waals surface area contributed by atoms with Crippen molar-refractivity contribution in [2.45, 2.75) is 57.5 Å². The molecule has 1 aromatic heterocycles. The summed E-state index contributed by atoms with van der Waals surface area (Å²) in [5.74, 6) is -0.920. The van der Waals surface area contributed by atoms with Crippen molar-refractivity contribution in [3.63, 3.8) is 0 Å². The van der Waals surface area contributed by atoms with Crippen LogP contribution in [0.25, 0.3) is 11.0 Å². The number of amides is 1. The van der Waals surface area contributed by atoms with E-state index in [1.54, 1.807) is 17.0 Å². The second-order valence-corrected chi connectivity index (χ2v) is 9.45. The van der Waals surface area contributed by atoms with Gasteiger partial charge in [0.15, 0.2) is 0 Å². The number of imidazole rings is 1. The van der Waals surface area contributed by atoms with E-state index in [1.807, 2.05) is 19.1 Å². The highest BCUT2D eigenvalue weighted by Crippen LogP contribution is 2.42. The highest BCUT2D eigenvalue weighted by Gasteiger charge is 2.34. The number of carboxylic acids is 1. The summed E-state index contributed by atoms with van der Waals surface area (Å²) in [6.45, 7) is 2.00. The number of nitrogens with one attached hydrogen (secondary N) is 1. The van der Waals surface area contributed by atoms with Gasteiger partial charge < -0.3 is 19.7 Å². The topological polar surface area (TPSA) is 96.7 Å². The van der Waals surface area contributed by atoms with Gasteiger partial charge in [-0.05, 0) is 75.4 Å². The van der Waals surface area contributed by atoms with Gasteiger partial charge in [-0.2, -0.15) is 0 Å². The van der Waals surface area contributed by atoms with E-state index in [1.165, 1.54) is 19.2 Å². The summed E-state index contributed by atoms with van der Waals surface area (Å²) in [7, 11) is 1.38. The normalized spacial score (nSPS) is 22.0. The van der Waals surface area contributed by atoms with E-state index in [9.17, 15) is 19.1 Å². The van der Waals surface area contributed by atoms with E-state index in [2.05, 4.69) is 9.88 Å². The molecule has 5 rings (SSSR count). The molecular weight excluding hydrogens is 451 g/mol. The summed E-state index contributed by atoms with van der Waals surface area (Å²) in [5.41, 5.74) is 4.12. The minimum Gasteiger partial charge on any atom is -0.481 e. The Morgan fingerprint density at radius 1 is 1.14 bits per heavy atom. The molecule has 1 fully saturated rings. The zero-order valence-corrected chi connectivity index (χ0v) is 19.8. The van der Waals surface area contributed by atoms with Crippen LogP contribution in [-0.2, 0) is 16.0 Å². The first kappa shape index (κ1) is 23.1. The fourth-order valence-corrected chi connectivity index (χ4v) is 5.52. The SMILES string of the molecule is COC(=O)N1c2ccc3c(nc(Nc4ccc(F)cc4)n3[C@@H]3CCC[C@@H](C(=O)O)C3)c2CCC1C. The molecule has 1 aliphatic carbocycles. The zero-order chi connectivity index (χ0) is 24.7. The summed E-state index contributed by atoms with van der Waals surface area (Å²) < 4.78 is 20.6. The van der Waals surface area contributed by atoms with Crippen molar-refractivity contribution in [2.75, 3.05) is 17.3 Å². The number of fused-ring (bicyclic) bond motifs is 3. The Morgan fingerprint density at radius 3 is 2.63 bits per heavy atom. The number of halogens is 1. The summed E-state index contributed by atoms with van der Waals surface area (Å²) >= 11 is 0. The van der Waals surface area contributed by atoms with Gasteiger partial charge in [-0.1, -0.05) is 6.42 Å². The molecule has 9 heteroatoms. The lowest BCUT2D eigenvalue weighted by Crippen LogP contribution is -2.42. The third kappa shape index (κ3) is 4.19. The second kappa shape index (κ2) is 9.20. The van der Waals surface area contributed by atoms with E-state index < -0.39 is 18.0 Å². The molecule has 1 amide bonds. The maximum atomic E-state index is 13.5. The molecule has 2 aliphatic rings. The van der Waals surface area contributed by atoms with Gasteiger partial charge in [0.05, 0.1) is 29.7 Å². The third-order valence-electron chi connectivity index (χ3n) is 7.29. The number of benzene rings is 2. The minimum absolute atomic E-state index is 0.000894. The molecule has 0 spiro atoms. The van der Waals surface area contributed by atoms with Crippen molar-refractivity contribution < 1.29 is 23.8 Å². The molecule has 35 heavy (non-hydrogen) atoms. The summed E-state index contributed by atoms with van der Waals surface area (Å²) in [5, 5.41) is 13.0. The molecule has 0 radical (unpaired) electrons. The number of carboxylic acid groups (broad SMARTS) is 1. The first-order valence-electron chi connectivity index (χ1n) is 12.0. The highest BCUT2D eigenvalue weighted by molar-refractivity contribution is 5.96. The van der Waals surface area contributed by atoms with Gasteiger partial charge in [0.25, 0.3) is 0 Å². The van der Waals surface area contributed by atoms with Crippen molar-refractivity contribution in [1.29, 1.82) is 0 Å². The Kier molecular flexibility index (Phi) is 6.08. The first-order chi connectivity index (χ1) is 16.9. The van der Waals surface area contributed by atoms with E-state index in [-0.39, 0.29) is 17.9 Å². The molecule has 1 aliphatic heterocycles. The number of methoxy groups -OCH3 is 1. The Hall–Kier alpha value is -3.62. The van der Waals surface area contributed by atoms with Crippen molar-refractivity contribution >= 4 is 40.4 Å². The number of aromatic nitrogens is 2. The lowest BCUT2D eigenvalue weighted by molar-refractivity contribution is -0.143. The van der Waals surface area contributed by atoms with Crippen LogP contribution in [-0.4, -0.2) is 39.9 Å². The quantitative estimate of drug-likeness (QED) is 0.501. The largest absolute Gasteiger partial charge is 0.481 e. The van der Waals surface area contributed by atoms with E-state index in [0.717, 1.165) is 48.0 Å². The van der Waals surface area contributed by atoms with Crippen molar-refractivity contribution in [1.82, 2.24) is 9.55 Å². The number of hydrogen-bond acceptors (Lipinski definition) is 5. The molecule has 1 unspecified atom stereocenters. The maximum Gasteiger partial charge on any atom is 0.414 e. The number of carbonyl (C=O) groups is 2. The number of aryl methyl sites for hydroxylation is 1. The predicted molar refractivity (Wildman–Crippen MR) is 131 cm³/mol. The van der Waals surface area contributed by atoms with Crippen LogP contribution in [0.4, 0.5) is 26.5 Å². The molecule has 2 N–H and O–H groups in total. The molecule has 3 aromatic rings. The molecule has 8 nitrogen and oxygen atoms in total. The Morgan fingerprint density at radius 2 is 1.91 bits per heavy atom. The zero-order valence-electron chi connectivity index (χ0n) is 19.8. The number of ether oxygens (including phenoxy) is 1. The van der Waals surface area contributed by atoms with Crippen molar-refractivity contribution in [3.05, 3.63) is 47.8 Å². The van der Waals surface area contributed by atoms with Gasteiger partial charge in [0.2, 0.25) is 5.95 Å². The van der Waals surface area contributed by atoms with Crippen LogP contribution in [0.5, 0.6) is 0 Å². The van der Waals surface area contributed by atoms with E-state index >= 15 is 0 Å². The van der Waals surface area contributed by atoms with Crippen LogP contribution in [0.15, 0.2) is 36.4 Å². The lowest BCUT2D eigenvalue weighted by atomic mass is 9.85. The first-order valence-corrected chi connectivity index (χ1v) is 12.0. The van der Waals surface area contributed by atoms with Gasteiger partial charge in [-0.15, -0.1) is 0 Å².